The molecule has 1 atom stereocenters. The highest BCUT2D eigenvalue weighted by Crippen LogP contribution is 2.41. The minimum absolute atomic E-state index is 0.0242. The molecule has 9 nitrogen and oxygen atoms in total. The number of hydrogen-bond donors (Lipinski definition) is 2. The van der Waals surface area contributed by atoms with E-state index in [-0.39, 0.29) is 34.0 Å². The highest BCUT2D eigenvalue weighted by molar-refractivity contribution is 7.90. The summed E-state index contributed by atoms with van der Waals surface area (Å²) in [6.07, 6.45) is 8.82. The number of anilines is 1. The molecule has 0 unspecified atom stereocenters. The van der Waals surface area contributed by atoms with Gasteiger partial charge in [0.05, 0.1) is 27.6 Å². The van der Waals surface area contributed by atoms with E-state index in [1.54, 1.807) is 18.2 Å². The smallest absolute Gasteiger partial charge is 0.269 e. The third-order valence-corrected chi connectivity index (χ3v) is 9.84. The molecule has 40 heavy (non-hydrogen) atoms. The Labute approximate surface area is 236 Å². The van der Waals surface area contributed by atoms with Crippen LogP contribution in [0.5, 0.6) is 0 Å². The number of fused-ring (bicyclic) bond motifs is 1. The number of rotatable bonds is 6. The molecule has 2 N–H and O–H groups in total. The maximum absolute atomic E-state index is 15.2. The first-order chi connectivity index (χ1) is 19.2. The van der Waals surface area contributed by atoms with Gasteiger partial charge in [-0.2, -0.15) is 0 Å². The number of benzene rings is 1. The van der Waals surface area contributed by atoms with Crippen molar-refractivity contribution in [3.05, 3.63) is 65.3 Å². The van der Waals surface area contributed by atoms with Gasteiger partial charge in [0.15, 0.2) is 23.1 Å². The Morgan fingerprint density at radius 3 is 2.58 bits per heavy atom. The molecular weight excluding hydrogens is 555 g/mol. The topological polar surface area (TPSA) is 119 Å². The summed E-state index contributed by atoms with van der Waals surface area (Å²) in [4.78, 5) is 25.8. The SMILES string of the molecule is Cc1ccc(S(=O)(=O)n2cc(-c3ncc(F)c(NC4([C@@H]5CCNC5=O)CCCCC4)n3)c3cc(Cl)cnc32)cc1. The first-order valence-electron chi connectivity index (χ1n) is 13.3. The van der Waals surface area contributed by atoms with Gasteiger partial charge in [-0.05, 0) is 44.4 Å². The van der Waals surface area contributed by atoms with Gasteiger partial charge < -0.3 is 10.6 Å². The predicted molar refractivity (Wildman–Crippen MR) is 150 cm³/mol. The van der Waals surface area contributed by atoms with E-state index in [4.69, 9.17) is 11.6 Å². The summed E-state index contributed by atoms with van der Waals surface area (Å²) in [5.74, 6) is -0.898. The molecule has 2 aliphatic rings. The zero-order chi connectivity index (χ0) is 28.1. The average Bonchev–Trinajstić information content (AvgIpc) is 3.55. The van der Waals surface area contributed by atoms with Gasteiger partial charge in [-0.1, -0.05) is 48.6 Å². The minimum Gasteiger partial charge on any atom is -0.361 e. The summed E-state index contributed by atoms with van der Waals surface area (Å²) in [5.41, 5.74) is 0.778. The van der Waals surface area contributed by atoms with Gasteiger partial charge in [0.1, 0.15) is 0 Å². The van der Waals surface area contributed by atoms with Crippen LogP contribution in [0.3, 0.4) is 0 Å². The molecule has 0 bridgehead atoms. The third-order valence-electron chi connectivity index (χ3n) is 7.97. The molecule has 2 fully saturated rings. The summed E-state index contributed by atoms with van der Waals surface area (Å²) in [5, 5.41) is 6.93. The molecule has 1 aromatic carbocycles. The van der Waals surface area contributed by atoms with Crippen LogP contribution in [0, 0.1) is 18.7 Å². The van der Waals surface area contributed by atoms with E-state index < -0.39 is 21.4 Å². The summed E-state index contributed by atoms with van der Waals surface area (Å²) < 4.78 is 43.5. The summed E-state index contributed by atoms with van der Waals surface area (Å²) in [7, 11) is -4.03. The number of aryl methyl sites for hydroxylation is 1. The van der Waals surface area contributed by atoms with Crippen molar-refractivity contribution in [2.75, 3.05) is 11.9 Å². The Morgan fingerprint density at radius 2 is 1.88 bits per heavy atom. The van der Waals surface area contributed by atoms with Crippen LogP contribution in [0.4, 0.5) is 10.2 Å². The number of pyridine rings is 1. The highest BCUT2D eigenvalue weighted by atomic mass is 35.5. The Kier molecular flexibility index (Phi) is 6.74. The maximum atomic E-state index is 15.2. The second-order valence-electron chi connectivity index (χ2n) is 10.5. The number of halogens is 2. The van der Waals surface area contributed by atoms with Crippen LogP contribution in [-0.4, -0.2) is 45.3 Å². The molecule has 0 spiro atoms. The molecule has 1 aliphatic heterocycles. The van der Waals surface area contributed by atoms with Gasteiger partial charge in [0.2, 0.25) is 5.91 Å². The molecule has 6 rings (SSSR count). The zero-order valence-corrected chi connectivity index (χ0v) is 23.4. The summed E-state index contributed by atoms with van der Waals surface area (Å²) >= 11 is 6.25. The Balaban J connectivity index is 1.46. The lowest BCUT2D eigenvalue weighted by atomic mass is 9.72. The summed E-state index contributed by atoms with van der Waals surface area (Å²) in [6.45, 7) is 2.46. The highest BCUT2D eigenvalue weighted by Gasteiger charge is 2.46. The number of carbonyl (C=O) groups is 1. The molecular formula is C28H28ClFN6O3S. The fourth-order valence-electron chi connectivity index (χ4n) is 5.92. The Bertz CT molecular complexity index is 1720. The van der Waals surface area contributed by atoms with Gasteiger partial charge in [-0.25, -0.2) is 31.7 Å². The van der Waals surface area contributed by atoms with Crippen LogP contribution < -0.4 is 10.6 Å². The number of amides is 1. The van der Waals surface area contributed by atoms with Crippen LogP contribution in [0.1, 0.15) is 44.1 Å². The molecule has 1 saturated heterocycles. The summed E-state index contributed by atoms with van der Waals surface area (Å²) in [6, 6.07) is 8.09. The third kappa shape index (κ3) is 4.60. The largest absolute Gasteiger partial charge is 0.361 e. The quantitative estimate of drug-likeness (QED) is 0.325. The normalized spacial score (nSPS) is 19.1. The molecule has 1 aliphatic carbocycles. The second kappa shape index (κ2) is 10.1. The van der Waals surface area contributed by atoms with Crippen LogP contribution in [0.2, 0.25) is 5.02 Å². The molecule has 1 saturated carbocycles. The lowest BCUT2D eigenvalue weighted by Gasteiger charge is -2.42. The van der Waals surface area contributed by atoms with Crippen molar-refractivity contribution in [1.82, 2.24) is 24.2 Å². The molecule has 1 amide bonds. The van der Waals surface area contributed by atoms with Crippen LogP contribution in [-0.2, 0) is 14.8 Å². The number of nitrogens with zero attached hydrogens (tertiary/aromatic N) is 4. The van der Waals surface area contributed by atoms with Gasteiger partial charge >= 0.3 is 0 Å². The molecule has 4 aromatic rings. The van der Waals surface area contributed by atoms with Crippen molar-refractivity contribution < 1.29 is 17.6 Å². The van der Waals surface area contributed by atoms with E-state index in [1.807, 2.05) is 6.92 Å². The van der Waals surface area contributed by atoms with E-state index in [2.05, 4.69) is 25.6 Å². The number of carbonyl (C=O) groups excluding carboxylic acids is 1. The zero-order valence-electron chi connectivity index (χ0n) is 21.8. The van der Waals surface area contributed by atoms with Crippen molar-refractivity contribution in [1.29, 1.82) is 0 Å². The number of aromatic nitrogens is 4. The fourth-order valence-corrected chi connectivity index (χ4v) is 7.41. The van der Waals surface area contributed by atoms with E-state index in [0.717, 1.165) is 47.8 Å². The van der Waals surface area contributed by atoms with E-state index in [9.17, 15) is 13.2 Å². The van der Waals surface area contributed by atoms with Crippen molar-refractivity contribution in [2.45, 2.75) is 55.9 Å². The van der Waals surface area contributed by atoms with E-state index >= 15 is 4.39 Å². The van der Waals surface area contributed by atoms with Crippen LogP contribution in [0.15, 0.2) is 53.8 Å². The van der Waals surface area contributed by atoms with Crippen molar-refractivity contribution in [3.8, 4) is 11.4 Å². The first-order valence-corrected chi connectivity index (χ1v) is 15.1. The lowest BCUT2D eigenvalue weighted by molar-refractivity contribution is -0.124. The lowest BCUT2D eigenvalue weighted by Crippen LogP contribution is -2.50. The van der Waals surface area contributed by atoms with Crippen molar-refractivity contribution >= 4 is 44.4 Å². The Morgan fingerprint density at radius 1 is 1.12 bits per heavy atom. The molecule has 4 heterocycles. The van der Waals surface area contributed by atoms with Crippen molar-refractivity contribution in [2.24, 2.45) is 5.92 Å². The van der Waals surface area contributed by atoms with Gasteiger partial charge in [-0.3, -0.25) is 4.79 Å². The molecule has 12 heteroatoms. The fraction of sp³-hybridized carbons (Fsp3) is 0.357. The van der Waals surface area contributed by atoms with Crippen LogP contribution >= 0.6 is 11.6 Å². The molecule has 3 aromatic heterocycles. The maximum Gasteiger partial charge on any atom is 0.269 e. The van der Waals surface area contributed by atoms with Crippen molar-refractivity contribution in [3.63, 3.8) is 0 Å². The molecule has 208 valence electrons. The predicted octanol–water partition coefficient (Wildman–Crippen LogP) is 5.08. The van der Waals surface area contributed by atoms with Gasteiger partial charge in [0.25, 0.3) is 10.0 Å². The first kappa shape index (κ1) is 26.6. The van der Waals surface area contributed by atoms with Gasteiger partial charge in [0, 0.05) is 29.9 Å². The second-order valence-corrected chi connectivity index (χ2v) is 12.8. The minimum atomic E-state index is -4.03. The van der Waals surface area contributed by atoms with Crippen LogP contribution in [0.25, 0.3) is 22.4 Å². The van der Waals surface area contributed by atoms with E-state index in [1.165, 1.54) is 24.5 Å². The molecule has 0 radical (unpaired) electrons. The standard InChI is InChI=1S/C28H28ClFN6O3S/c1-17-5-7-19(8-6-17)40(38,39)36-16-21(20-13-18(29)14-33-26(20)36)24-32-15-23(30)25(34-24)35-28(10-3-2-4-11-28)22-9-12-31-27(22)37/h5-8,13-16,22H,2-4,9-12H2,1H3,(H,31,37)(H,32,34,35)/t22-/m1/s1. The van der Waals surface area contributed by atoms with Gasteiger partial charge in [-0.15, -0.1) is 0 Å². The monoisotopic (exact) mass is 582 g/mol. The average molecular weight is 583 g/mol. The number of nitrogens with one attached hydrogen (secondary N) is 2. The Hall–Kier alpha value is -3.57. The number of hydrogen-bond acceptors (Lipinski definition) is 7. The van der Waals surface area contributed by atoms with E-state index in [0.29, 0.717) is 28.9 Å².